The average Bonchev–Trinajstić information content (AvgIpc) is 2.76. The molecule has 3 aromatic rings. The molecule has 0 saturated heterocycles. The summed E-state index contributed by atoms with van der Waals surface area (Å²) in [6.07, 6.45) is 1.55. The predicted molar refractivity (Wildman–Crippen MR) is 121 cm³/mol. The number of aryl methyl sites for hydroxylation is 1. The second kappa shape index (κ2) is 11.0. The zero-order chi connectivity index (χ0) is 21.2. The van der Waals surface area contributed by atoms with Crippen LogP contribution in [0.5, 0.6) is 5.75 Å². The smallest absolute Gasteiger partial charge is 0.343 e. The Labute approximate surface area is 180 Å². The molecule has 0 heterocycles. The van der Waals surface area contributed by atoms with Crippen molar-refractivity contribution in [2.45, 2.75) is 12.7 Å². The molecule has 0 saturated carbocycles. The van der Waals surface area contributed by atoms with E-state index < -0.39 is 5.97 Å². The van der Waals surface area contributed by atoms with Crippen LogP contribution < -0.4 is 10.2 Å². The van der Waals surface area contributed by atoms with Gasteiger partial charge in [-0.1, -0.05) is 48.0 Å². The van der Waals surface area contributed by atoms with E-state index in [-0.39, 0.29) is 5.91 Å². The SMILES string of the molecule is Cc1cccc(C(=O)Oc2ccc(C=NNC(=O)CSCc3ccccc3)cc2)c1. The highest BCUT2D eigenvalue weighted by atomic mass is 32.2. The van der Waals surface area contributed by atoms with Gasteiger partial charge in [-0.05, 0) is 54.4 Å². The van der Waals surface area contributed by atoms with Crippen LogP contribution in [-0.4, -0.2) is 23.8 Å². The summed E-state index contributed by atoms with van der Waals surface area (Å²) in [7, 11) is 0. The lowest BCUT2D eigenvalue weighted by atomic mass is 10.1. The van der Waals surface area contributed by atoms with Crippen LogP contribution in [0.25, 0.3) is 0 Å². The maximum atomic E-state index is 12.2. The first-order chi connectivity index (χ1) is 14.6. The fourth-order valence-corrected chi connectivity index (χ4v) is 3.39. The summed E-state index contributed by atoms with van der Waals surface area (Å²) in [5, 5.41) is 3.97. The van der Waals surface area contributed by atoms with Gasteiger partial charge in [-0.2, -0.15) is 5.10 Å². The first-order valence-corrected chi connectivity index (χ1v) is 10.6. The van der Waals surface area contributed by atoms with Crippen LogP contribution in [0.1, 0.15) is 27.0 Å². The van der Waals surface area contributed by atoms with Crippen LogP contribution in [-0.2, 0) is 10.5 Å². The molecular weight excluding hydrogens is 396 g/mol. The number of carbonyl (C=O) groups is 2. The number of hydrogen-bond acceptors (Lipinski definition) is 5. The maximum Gasteiger partial charge on any atom is 0.343 e. The number of nitrogens with zero attached hydrogens (tertiary/aromatic N) is 1. The van der Waals surface area contributed by atoms with E-state index in [0.717, 1.165) is 16.9 Å². The lowest BCUT2D eigenvalue weighted by Gasteiger charge is -2.05. The van der Waals surface area contributed by atoms with Crippen molar-refractivity contribution >= 4 is 29.9 Å². The van der Waals surface area contributed by atoms with Gasteiger partial charge in [0.1, 0.15) is 5.75 Å². The van der Waals surface area contributed by atoms with Crippen molar-refractivity contribution in [3.8, 4) is 5.75 Å². The van der Waals surface area contributed by atoms with Gasteiger partial charge in [0.2, 0.25) is 5.91 Å². The van der Waals surface area contributed by atoms with Crippen molar-refractivity contribution < 1.29 is 14.3 Å². The number of thioether (sulfide) groups is 1. The molecule has 0 unspecified atom stereocenters. The highest BCUT2D eigenvalue weighted by Gasteiger charge is 2.08. The Balaban J connectivity index is 1.42. The van der Waals surface area contributed by atoms with Gasteiger partial charge in [0.05, 0.1) is 17.5 Å². The molecule has 0 aliphatic carbocycles. The Morgan fingerprint density at radius 1 is 1.00 bits per heavy atom. The number of rotatable bonds is 8. The largest absolute Gasteiger partial charge is 0.423 e. The summed E-state index contributed by atoms with van der Waals surface area (Å²) in [4.78, 5) is 24.0. The first-order valence-electron chi connectivity index (χ1n) is 9.42. The van der Waals surface area contributed by atoms with Gasteiger partial charge in [-0.25, -0.2) is 10.2 Å². The highest BCUT2D eigenvalue weighted by molar-refractivity contribution is 7.99. The molecule has 152 valence electrons. The van der Waals surface area contributed by atoms with Crippen LogP contribution >= 0.6 is 11.8 Å². The Hall–Kier alpha value is -3.38. The van der Waals surface area contributed by atoms with Crippen LogP contribution in [0.4, 0.5) is 0 Å². The quantitative estimate of drug-likeness (QED) is 0.251. The Bertz CT molecular complexity index is 1020. The molecule has 5 nitrogen and oxygen atoms in total. The second-order valence-corrected chi connectivity index (χ2v) is 7.59. The van der Waals surface area contributed by atoms with Crippen molar-refractivity contribution in [3.05, 3.63) is 101 Å². The van der Waals surface area contributed by atoms with Gasteiger partial charge in [0.15, 0.2) is 0 Å². The van der Waals surface area contributed by atoms with Gasteiger partial charge in [-0.15, -0.1) is 11.8 Å². The van der Waals surface area contributed by atoms with E-state index in [1.54, 1.807) is 42.6 Å². The number of amides is 1. The molecule has 0 bridgehead atoms. The molecule has 3 aromatic carbocycles. The standard InChI is InChI=1S/C24H22N2O3S/c1-18-6-5-9-21(14-18)24(28)29-22-12-10-19(11-13-22)15-25-26-23(27)17-30-16-20-7-3-2-4-8-20/h2-15H,16-17H2,1H3,(H,26,27). The van der Waals surface area contributed by atoms with E-state index in [0.29, 0.717) is 17.1 Å². The summed E-state index contributed by atoms with van der Waals surface area (Å²) in [6.45, 7) is 1.92. The second-order valence-electron chi connectivity index (χ2n) is 6.60. The van der Waals surface area contributed by atoms with Crippen molar-refractivity contribution in [1.82, 2.24) is 5.43 Å². The molecule has 30 heavy (non-hydrogen) atoms. The van der Waals surface area contributed by atoms with Gasteiger partial charge in [0, 0.05) is 5.75 Å². The van der Waals surface area contributed by atoms with Crippen LogP contribution in [0.15, 0.2) is 84.0 Å². The third-order valence-corrected chi connectivity index (χ3v) is 5.10. The lowest BCUT2D eigenvalue weighted by molar-refractivity contribution is -0.118. The minimum absolute atomic E-state index is 0.157. The average molecular weight is 419 g/mol. The van der Waals surface area contributed by atoms with Crippen molar-refractivity contribution in [3.63, 3.8) is 0 Å². The fraction of sp³-hybridized carbons (Fsp3) is 0.125. The first kappa shape index (κ1) is 21.3. The molecule has 3 rings (SSSR count). The van der Waals surface area contributed by atoms with Crippen molar-refractivity contribution in [2.75, 3.05) is 5.75 Å². The van der Waals surface area contributed by atoms with Crippen LogP contribution in [0.2, 0.25) is 0 Å². The Morgan fingerprint density at radius 3 is 2.50 bits per heavy atom. The van der Waals surface area contributed by atoms with E-state index in [1.165, 1.54) is 17.3 Å². The number of hydrogen-bond donors (Lipinski definition) is 1. The third kappa shape index (κ3) is 6.90. The summed E-state index contributed by atoms with van der Waals surface area (Å²) >= 11 is 1.53. The Kier molecular flexibility index (Phi) is 7.80. The van der Waals surface area contributed by atoms with Crippen LogP contribution in [0, 0.1) is 6.92 Å². The van der Waals surface area contributed by atoms with E-state index in [9.17, 15) is 9.59 Å². The number of esters is 1. The number of ether oxygens (including phenoxy) is 1. The molecule has 6 heteroatoms. The van der Waals surface area contributed by atoms with E-state index in [2.05, 4.69) is 10.5 Å². The fourth-order valence-electron chi connectivity index (χ4n) is 2.61. The van der Waals surface area contributed by atoms with E-state index in [1.807, 2.05) is 49.4 Å². The normalized spacial score (nSPS) is 10.7. The summed E-state index contributed by atoms with van der Waals surface area (Å²) in [5.41, 5.74) is 5.98. The predicted octanol–water partition coefficient (Wildman–Crippen LogP) is 4.60. The maximum absolute atomic E-state index is 12.2. The topological polar surface area (TPSA) is 67.8 Å². The van der Waals surface area contributed by atoms with Crippen molar-refractivity contribution in [1.29, 1.82) is 0 Å². The van der Waals surface area contributed by atoms with E-state index >= 15 is 0 Å². The zero-order valence-electron chi connectivity index (χ0n) is 16.6. The number of hydrazone groups is 1. The van der Waals surface area contributed by atoms with E-state index in [4.69, 9.17) is 4.74 Å². The minimum atomic E-state index is -0.402. The van der Waals surface area contributed by atoms with Crippen molar-refractivity contribution in [2.24, 2.45) is 5.10 Å². The lowest BCUT2D eigenvalue weighted by Crippen LogP contribution is -2.19. The van der Waals surface area contributed by atoms with Gasteiger partial charge in [0.25, 0.3) is 0 Å². The number of benzene rings is 3. The van der Waals surface area contributed by atoms with Gasteiger partial charge >= 0.3 is 5.97 Å². The monoisotopic (exact) mass is 418 g/mol. The third-order valence-electron chi connectivity index (χ3n) is 4.09. The minimum Gasteiger partial charge on any atom is -0.423 e. The zero-order valence-corrected chi connectivity index (χ0v) is 17.4. The molecule has 0 fully saturated rings. The number of carbonyl (C=O) groups excluding carboxylic acids is 2. The highest BCUT2D eigenvalue weighted by Crippen LogP contribution is 2.14. The summed E-state index contributed by atoms with van der Waals surface area (Å²) in [5.74, 6) is 0.997. The molecule has 0 atom stereocenters. The van der Waals surface area contributed by atoms with Crippen LogP contribution in [0.3, 0.4) is 0 Å². The molecule has 0 radical (unpaired) electrons. The molecule has 0 aromatic heterocycles. The molecular formula is C24H22N2O3S. The summed E-state index contributed by atoms with van der Waals surface area (Å²) in [6, 6.07) is 24.1. The molecule has 1 amide bonds. The number of nitrogens with one attached hydrogen (secondary N) is 1. The van der Waals surface area contributed by atoms with Gasteiger partial charge in [-0.3, -0.25) is 4.79 Å². The molecule has 0 aliphatic heterocycles. The van der Waals surface area contributed by atoms with Gasteiger partial charge < -0.3 is 4.74 Å². The Morgan fingerprint density at radius 2 is 1.77 bits per heavy atom. The molecule has 1 N–H and O–H groups in total. The summed E-state index contributed by atoms with van der Waals surface area (Å²) < 4.78 is 5.38. The molecule has 0 aliphatic rings. The molecule has 0 spiro atoms.